The maximum Gasteiger partial charge on any atom is 0.305 e. The van der Waals surface area contributed by atoms with E-state index in [0.717, 1.165) is 19.4 Å². The first-order valence-corrected chi connectivity index (χ1v) is 6.99. The lowest BCUT2D eigenvalue weighted by Crippen LogP contribution is -2.25. The minimum atomic E-state index is -0.937. The molecule has 1 amide bonds. The lowest BCUT2D eigenvalue weighted by Gasteiger charge is -2.11. The molecule has 0 spiro atoms. The summed E-state index contributed by atoms with van der Waals surface area (Å²) in [5, 5.41) is 11.1. The van der Waals surface area contributed by atoms with Crippen LogP contribution in [0.1, 0.15) is 29.6 Å². The quantitative estimate of drug-likeness (QED) is 0.795. The number of ether oxygens (including phenoxy) is 2. The van der Waals surface area contributed by atoms with E-state index in [1.165, 1.54) is 0 Å². The molecule has 1 fully saturated rings. The molecule has 1 aliphatic rings. The summed E-state index contributed by atoms with van der Waals surface area (Å²) in [4.78, 5) is 22.1. The van der Waals surface area contributed by atoms with Crippen LogP contribution in [-0.2, 0) is 9.53 Å². The molecule has 6 heteroatoms. The van der Waals surface area contributed by atoms with Gasteiger partial charge in [0.25, 0.3) is 5.91 Å². The SMILES string of the molecule is O=C(O)CCNC(=O)c1ccc(OCC2CCCO2)cc1. The molecule has 1 aromatic carbocycles. The Morgan fingerprint density at radius 3 is 2.71 bits per heavy atom. The van der Waals surface area contributed by atoms with Gasteiger partial charge in [0.1, 0.15) is 12.4 Å². The van der Waals surface area contributed by atoms with Crippen molar-refractivity contribution in [2.75, 3.05) is 19.8 Å². The number of aliphatic carboxylic acids is 1. The second-order valence-electron chi connectivity index (χ2n) is 4.87. The van der Waals surface area contributed by atoms with Gasteiger partial charge in [-0.05, 0) is 37.1 Å². The van der Waals surface area contributed by atoms with Crippen molar-refractivity contribution >= 4 is 11.9 Å². The molecule has 0 aromatic heterocycles. The number of carboxylic acids is 1. The van der Waals surface area contributed by atoms with Gasteiger partial charge in [-0.15, -0.1) is 0 Å². The van der Waals surface area contributed by atoms with Gasteiger partial charge >= 0.3 is 5.97 Å². The van der Waals surface area contributed by atoms with E-state index in [-0.39, 0.29) is 25.0 Å². The lowest BCUT2D eigenvalue weighted by molar-refractivity contribution is -0.136. The summed E-state index contributed by atoms with van der Waals surface area (Å²) in [6.07, 6.45) is 2.16. The Labute approximate surface area is 123 Å². The van der Waals surface area contributed by atoms with Gasteiger partial charge in [-0.2, -0.15) is 0 Å². The lowest BCUT2D eigenvalue weighted by atomic mass is 10.2. The topological polar surface area (TPSA) is 84.9 Å². The number of amides is 1. The first-order chi connectivity index (χ1) is 10.1. The Morgan fingerprint density at radius 2 is 2.10 bits per heavy atom. The molecular formula is C15H19NO5. The van der Waals surface area contributed by atoms with E-state index in [1.54, 1.807) is 24.3 Å². The maximum absolute atomic E-state index is 11.7. The molecule has 6 nitrogen and oxygen atoms in total. The van der Waals surface area contributed by atoms with Crippen molar-refractivity contribution in [1.29, 1.82) is 0 Å². The standard InChI is InChI=1S/C15H19NO5/c17-14(18)7-8-16-15(19)11-3-5-12(6-4-11)21-10-13-2-1-9-20-13/h3-6,13H,1-2,7-10H2,(H,16,19)(H,17,18). The zero-order valence-corrected chi connectivity index (χ0v) is 11.7. The number of benzene rings is 1. The number of hydrogen-bond acceptors (Lipinski definition) is 4. The van der Waals surface area contributed by atoms with Gasteiger partial charge in [0.15, 0.2) is 0 Å². The van der Waals surface area contributed by atoms with Gasteiger partial charge in [0.05, 0.1) is 12.5 Å². The summed E-state index contributed by atoms with van der Waals surface area (Å²) in [7, 11) is 0. The second-order valence-corrected chi connectivity index (χ2v) is 4.87. The van der Waals surface area contributed by atoms with Gasteiger partial charge in [0, 0.05) is 18.7 Å². The molecule has 2 rings (SSSR count). The van der Waals surface area contributed by atoms with E-state index in [0.29, 0.717) is 17.9 Å². The van der Waals surface area contributed by atoms with Crippen molar-refractivity contribution in [1.82, 2.24) is 5.32 Å². The summed E-state index contributed by atoms with van der Waals surface area (Å²) in [5.74, 6) is -0.539. The molecule has 114 valence electrons. The van der Waals surface area contributed by atoms with Crippen LogP contribution in [0.2, 0.25) is 0 Å². The first-order valence-electron chi connectivity index (χ1n) is 6.99. The number of rotatable bonds is 7. The van der Waals surface area contributed by atoms with Crippen LogP contribution in [0.15, 0.2) is 24.3 Å². The fourth-order valence-corrected chi connectivity index (χ4v) is 2.05. The van der Waals surface area contributed by atoms with Crippen LogP contribution in [0.4, 0.5) is 0 Å². The summed E-state index contributed by atoms with van der Waals surface area (Å²) >= 11 is 0. The summed E-state index contributed by atoms with van der Waals surface area (Å²) in [6, 6.07) is 6.75. The molecule has 0 bridgehead atoms. The summed E-state index contributed by atoms with van der Waals surface area (Å²) in [5.41, 5.74) is 0.477. The van der Waals surface area contributed by atoms with E-state index in [9.17, 15) is 9.59 Å². The smallest absolute Gasteiger partial charge is 0.305 e. The molecule has 0 radical (unpaired) electrons. The van der Waals surface area contributed by atoms with Crippen molar-refractivity contribution in [2.24, 2.45) is 0 Å². The van der Waals surface area contributed by atoms with Gasteiger partial charge in [-0.3, -0.25) is 9.59 Å². The molecule has 2 N–H and O–H groups in total. The average Bonchev–Trinajstić information content (AvgIpc) is 2.98. The van der Waals surface area contributed by atoms with Crippen LogP contribution in [-0.4, -0.2) is 42.8 Å². The molecule has 1 aliphatic heterocycles. The van der Waals surface area contributed by atoms with Crippen LogP contribution in [0.5, 0.6) is 5.75 Å². The van der Waals surface area contributed by atoms with E-state index in [2.05, 4.69) is 5.32 Å². The third-order valence-corrected chi connectivity index (χ3v) is 3.20. The number of carbonyl (C=O) groups is 2. The fourth-order valence-electron chi connectivity index (χ4n) is 2.05. The van der Waals surface area contributed by atoms with Gasteiger partial charge in [0.2, 0.25) is 0 Å². The highest BCUT2D eigenvalue weighted by Crippen LogP contribution is 2.16. The highest BCUT2D eigenvalue weighted by atomic mass is 16.5. The number of carbonyl (C=O) groups excluding carboxylic acids is 1. The van der Waals surface area contributed by atoms with E-state index in [4.69, 9.17) is 14.6 Å². The van der Waals surface area contributed by atoms with Crippen LogP contribution < -0.4 is 10.1 Å². The molecule has 21 heavy (non-hydrogen) atoms. The Kier molecular flexibility index (Phi) is 5.57. The van der Waals surface area contributed by atoms with Crippen LogP contribution in [0.3, 0.4) is 0 Å². The monoisotopic (exact) mass is 293 g/mol. The average molecular weight is 293 g/mol. The van der Waals surface area contributed by atoms with Crippen molar-refractivity contribution in [3.63, 3.8) is 0 Å². The van der Waals surface area contributed by atoms with Crippen LogP contribution in [0, 0.1) is 0 Å². The molecule has 1 saturated heterocycles. The van der Waals surface area contributed by atoms with Gasteiger partial charge < -0.3 is 19.9 Å². The van der Waals surface area contributed by atoms with Gasteiger partial charge in [-0.25, -0.2) is 0 Å². The third kappa shape index (κ3) is 5.07. The first kappa shape index (κ1) is 15.3. The largest absolute Gasteiger partial charge is 0.491 e. The minimum absolute atomic E-state index is 0.0890. The van der Waals surface area contributed by atoms with E-state index >= 15 is 0 Å². The molecular weight excluding hydrogens is 274 g/mol. The Hall–Kier alpha value is -2.08. The molecule has 1 aromatic rings. The van der Waals surface area contributed by atoms with Crippen LogP contribution >= 0.6 is 0 Å². The molecule has 0 aliphatic carbocycles. The summed E-state index contributed by atoms with van der Waals surface area (Å²) in [6.45, 7) is 1.43. The number of hydrogen-bond donors (Lipinski definition) is 2. The predicted molar refractivity (Wildman–Crippen MR) is 75.5 cm³/mol. The molecule has 1 atom stereocenters. The Bertz CT molecular complexity index is 479. The zero-order chi connectivity index (χ0) is 15.1. The molecule has 1 heterocycles. The van der Waals surface area contributed by atoms with Crippen molar-refractivity contribution < 1.29 is 24.2 Å². The fraction of sp³-hybridized carbons (Fsp3) is 0.467. The Morgan fingerprint density at radius 1 is 1.33 bits per heavy atom. The summed E-state index contributed by atoms with van der Waals surface area (Å²) < 4.78 is 11.1. The van der Waals surface area contributed by atoms with E-state index in [1.807, 2.05) is 0 Å². The normalized spacial score (nSPS) is 17.4. The predicted octanol–water partition coefficient (Wildman–Crippen LogP) is 1.45. The Balaban J connectivity index is 1.77. The zero-order valence-electron chi connectivity index (χ0n) is 11.7. The highest BCUT2D eigenvalue weighted by molar-refractivity contribution is 5.94. The van der Waals surface area contributed by atoms with E-state index < -0.39 is 5.97 Å². The van der Waals surface area contributed by atoms with Gasteiger partial charge in [-0.1, -0.05) is 0 Å². The molecule has 1 unspecified atom stereocenters. The van der Waals surface area contributed by atoms with Crippen molar-refractivity contribution in [3.8, 4) is 5.75 Å². The minimum Gasteiger partial charge on any atom is -0.491 e. The van der Waals surface area contributed by atoms with Crippen molar-refractivity contribution in [3.05, 3.63) is 29.8 Å². The highest BCUT2D eigenvalue weighted by Gasteiger charge is 2.16. The number of carboxylic acid groups (broad SMARTS) is 1. The van der Waals surface area contributed by atoms with Crippen LogP contribution in [0.25, 0.3) is 0 Å². The third-order valence-electron chi connectivity index (χ3n) is 3.20. The number of nitrogens with one attached hydrogen (secondary N) is 1. The maximum atomic E-state index is 11.7. The van der Waals surface area contributed by atoms with Crippen molar-refractivity contribution in [2.45, 2.75) is 25.4 Å². The molecule has 0 saturated carbocycles. The second kappa shape index (κ2) is 7.64.